The molecule has 0 saturated carbocycles. The molecule has 8 heteroatoms. The van der Waals surface area contributed by atoms with Crippen molar-refractivity contribution in [1.82, 2.24) is 4.90 Å². The quantitative estimate of drug-likeness (QED) is 0.692. The minimum absolute atomic E-state index is 0.00791. The highest BCUT2D eigenvalue weighted by Gasteiger charge is 2.42. The van der Waals surface area contributed by atoms with E-state index in [2.05, 4.69) is 4.99 Å². The predicted octanol–water partition coefficient (Wildman–Crippen LogP) is 4.00. The Kier molecular flexibility index (Phi) is 5.91. The fourth-order valence-electron chi connectivity index (χ4n) is 3.78. The van der Waals surface area contributed by atoms with Crippen LogP contribution in [0.5, 0.6) is 0 Å². The minimum atomic E-state index is -1.38. The first kappa shape index (κ1) is 21.0. The lowest BCUT2D eigenvalue weighted by Crippen LogP contribution is -2.49. The fourth-order valence-corrected chi connectivity index (χ4v) is 5.60. The van der Waals surface area contributed by atoms with Crippen molar-refractivity contribution in [2.24, 2.45) is 4.99 Å². The van der Waals surface area contributed by atoms with Crippen molar-refractivity contribution in [3.05, 3.63) is 81.0 Å². The highest BCUT2D eigenvalue weighted by atomic mass is 35.5. The Morgan fingerprint density at radius 2 is 1.97 bits per heavy atom. The van der Waals surface area contributed by atoms with E-state index in [9.17, 15) is 14.7 Å². The summed E-state index contributed by atoms with van der Waals surface area (Å²) in [7, 11) is 0. The van der Waals surface area contributed by atoms with Crippen LogP contribution in [-0.4, -0.2) is 27.2 Å². The Morgan fingerprint density at radius 1 is 1.23 bits per heavy atom. The number of amides is 1. The number of allylic oxidation sites excluding steroid dienone is 1. The molecule has 5 nitrogen and oxygen atoms in total. The zero-order chi connectivity index (χ0) is 21.4. The highest BCUT2D eigenvalue weighted by molar-refractivity contribution is 8.14. The maximum absolute atomic E-state index is 13.2. The van der Waals surface area contributed by atoms with Crippen LogP contribution in [0.4, 0.5) is 0 Å². The van der Waals surface area contributed by atoms with Gasteiger partial charge < -0.3 is 9.90 Å². The number of halogens is 2. The number of fused-ring (bicyclic) bond motifs is 1. The molecule has 1 amide bonds. The zero-order valence-corrected chi connectivity index (χ0v) is 18.3. The van der Waals surface area contributed by atoms with Crippen LogP contribution in [0.25, 0.3) is 0 Å². The van der Waals surface area contributed by atoms with E-state index in [0.717, 1.165) is 5.56 Å². The molecule has 2 aromatic rings. The Balaban J connectivity index is 1.74. The minimum Gasteiger partial charge on any atom is -0.545 e. The first-order chi connectivity index (χ1) is 14.3. The molecule has 0 N–H and O–H groups in total. The molecule has 0 bridgehead atoms. The molecule has 2 atom stereocenters. The lowest BCUT2D eigenvalue weighted by atomic mass is 9.94. The summed E-state index contributed by atoms with van der Waals surface area (Å²) in [5.41, 5.74) is 1.84. The van der Waals surface area contributed by atoms with Gasteiger partial charge in [0.25, 0.3) is 0 Å². The number of amidine groups is 1. The van der Waals surface area contributed by atoms with Crippen molar-refractivity contribution in [2.45, 2.75) is 31.1 Å². The van der Waals surface area contributed by atoms with Crippen LogP contribution in [0.3, 0.4) is 0 Å². The van der Waals surface area contributed by atoms with Crippen LogP contribution in [0, 0.1) is 0 Å². The Labute approximate surface area is 188 Å². The Hall–Kier alpha value is -2.28. The molecular formula is C22H17Cl2N2O3S-. The third-order valence-corrected chi connectivity index (χ3v) is 6.85. The molecule has 0 aliphatic carbocycles. The van der Waals surface area contributed by atoms with Gasteiger partial charge in [-0.2, -0.15) is 0 Å². The van der Waals surface area contributed by atoms with Gasteiger partial charge in [0.05, 0.1) is 12.0 Å². The van der Waals surface area contributed by atoms with Gasteiger partial charge in [0.2, 0.25) is 5.91 Å². The average molecular weight is 460 g/mol. The first-order valence-corrected chi connectivity index (χ1v) is 11.0. The summed E-state index contributed by atoms with van der Waals surface area (Å²) in [6.45, 7) is 1.61. The SMILES string of the molecule is CC1=C(C(=O)[O-])C(c2ccc(Cl)cc2Cl)N2C(=O)CC(Cc3ccccc3)SC2=N1. The molecule has 4 rings (SSSR count). The molecule has 0 aromatic heterocycles. The average Bonchev–Trinajstić information content (AvgIpc) is 2.67. The van der Waals surface area contributed by atoms with Gasteiger partial charge in [-0.05, 0) is 36.6 Å². The van der Waals surface area contributed by atoms with Gasteiger partial charge in [0.15, 0.2) is 5.17 Å². The second-order valence-corrected chi connectivity index (χ2v) is 9.26. The van der Waals surface area contributed by atoms with Crippen LogP contribution >= 0.6 is 35.0 Å². The molecule has 0 radical (unpaired) electrons. The van der Waals surface area contributed by atoms with E-state index < -0.39 is 12.0 Å². The Morgan fingerprint density at radius 3 is 2.63 bits per heavy atom. The van der Waals surface area contributed by atoms with Crippen LogP contribution in [-0.2, 0) is 16.0 Å². The first-order valence-electron chi connectivity index (χ1n) is 9.33. The number of carboxylic acid groups (broad SMARTS) is 1. The van der Waals surface area contributed by atoms with Gasteiger partial charge in [-0.3, -0.25) is 9.69 Å². The van der Waals surface area contributed by atoms with Gasteiger partial charge in [0.1, 0.15) is 0 Å². The third-order valence-electron chi connectivity index (χ3n) is 5.12. The van der Waals surface area contributed by atoms with E-state index in [0.29, 0.717) is 27.9 Å². The number of hydrogen-bond acceptors (Lipinski definition) is 5. The van der Waals surface area contributed by atoms with Crippen molar-refractivity contribution < 1.29 is 14.7 Å². The molecule has 0 spiro atoms. The van der Waals surface area contributed by atoms with Crippen molar-refractivity contribution in [1.29, 1.82) is 0 Å². The second kappa shape index (κ2) is 8.46. The third kappa shape index (κ3) is 4.00. The molecule has 1 fully saturated rings. The molecule has 30 heavy (non-hydrogen) atoms. The molecule has 2 unspecified atom stereocenters. The number of carbonyl (C=O) groups excluding carboxylic acids is 2. The smallest absolute Gasteiger partial charge is 0.230 e. The predicted molar refractivity (Wildman–Crippen MR) is 117 cm³/mol. The van der Waals surface area contributed by atoms with Crippen molar-refractivity contribution >= 4 is 52.0 Å². The number of benzene rings is 2. The summed E-state index contributed by atoms with van der Waals surface area (Å²) in [5, 5.41) is 13.2. The summed E-state index contributed by atoms with van der Waals surface area (Å²) in [6, 6.07) is 13.8. The molecule has 2 aliphatic heterocycles. The number of carboxylic acids is 1. The molecule has 1 saturated heterocycles. The van der Waals surface area contributed by atoms with Gasteiger partial charge in [-0.25, -0.2) is 4.99 Å². The fraction of sp³-hybridized carbons (Fsp3) is 0.227. The van der Waals surface area contributed by atoms with E-state index in [1.54, 1.807) is 19.1 Å². The lowest BCUT2D eigenvalue weighted by molar-refractivity contribution is -0.300. The van der Waals surface area contributed by atoms with E-state index in [1.165, 1.54) is 22.7 Å². The van der Waals surface area contributed by atoms with Gasteiger partial charge in [0, 0.05) is 33.0 Å². The zero-order valence-electron chi connectivity index (χ0n) is 16.0. The van der Waals surface area contributed by atoms with Crippen molar-refractivity contribution in [3.63, 3.8) is 0 Å². The molecule has 154 valence electrons. The van der Waals surface area contributed by atoms with Crippen molar-refractivity contribution in [2.75, 3.05) is 0 Å². The maximum Gasteiger partial charge on any atom is 0.230 e. The number of rotatable bonds is 4. The van der Waals surface area contributed by atoms with Gasteiger partial charge >= 0.3 is 0 Å². The summed E-state index contributed by atoms with van der Waals surface area (Å²) in [6.07, 6.45) is 0.978. The van der Waals surface area contributed by atoms with E-state index in [-0.39, 0.29) is 28.2 Å². The van der Waals surface area contributed by atoms with Gasteiger partial charge in [-0.15, -0.1) is 0 Å². The number of aliphatic carboxylic acids is 1. The monoisotopic (exact) mass is 459 g/mol. The van der Waals surface area contributed by atoms with E-state index in [1.807, 2.05) is 30.3 Å². The number of nitrogens with zero attached hydrogens (tertiary/aromatic N) is 2. The normalized spacial score (nSPS) is 21.4. The van der Waals surface area contributed by atoms with Crippen molar-refractivity contribution in [3.8, 4) is 0 Å². The molecule has 2 aliphatic rings. The van der Waals surface area contributed by atoms with Crippen LogP contribution in [0.1, 0.15) is 30.5 Å². The topological polar surface area (TPSA) is 72.8 Å². The second-order valence-electron chi connectivity index (χ2n) is 7.15. The molecule has 2 aromatic carbocycles. The molecule has 2 heterocycles. The van der Waals surface area contributed by atoms with Crippen LogP contribution in [0.15, 0.2) is 64.8 Å². The summed E-state index contributed by atoms with van der Waals surface area (Å²) < 4.78 is 0. The van der Waals surface area contributed by atoms with Crippen LogP contribution in [0.2, 0.25) is 10.0 Å². The maximum atomic E-state index is 13.2. The van der Waals surface area contributed by atoms with Crippen LogP contribution < -0.4 is 5.11 Å². The van der Waals surface area contributed by atoms with E-state index in [4.69, 9.17) is 23.2 Å². The number of thioether (sulfide) groups is 1. The summed E-state index contributed by atoms with van der Waals surface area (Å²) in [5.74, 6) is -1.58. The summed E-state index contributed by atoms with van der Waals surface area (Å²) in [4.78, 5) is 31.0. The Bertz CT molecular complexity index is 1090. The largest absolute Gasteiger partial charge is 0.545 e. The standard InChI is InChI=1S/C22H18Cl2N2O3S/c1-12-19(21(28)29)20(16-8-7-14(23)10-17(16)24)26-18(27)11-15(30-22(26)25-12)9-13-5-3-2-4-6-13/h2-8,10,15,20H,9,11H2,1H3,(H,28,29)/p-1. The number of hydrogen-bond donors (Lipinski definition) is 0. The highest BCUT2D eigenvalue weighted by Crippen LogP contribution is 2.44. The van der Waals surface area contributed by atoms with E-state index >= 15 is 0 Å². The molecular weight excluding hydrogens is 443 g/mol. The van der Waals surface area contributed by atoms with Gasteiger partial charge in [-0.1, -0.05) is 71.4 Å². The number of carbonyl (C=O) groups is 2. The summed E-state index contributed by atoms with van der Waals surface area (Å²) >= 11 is 13.9. The number of aliphatic imine (C=N–C) groups is 1. The lowest BCUT2D eigenvalue weighted by Gasteiger charge is -2.42.